The highest BCUT2D eigenvalue weighted by Gasteiger charge is 2.09. The van der Waals surface area contributed by atoms with Gasteiger partial charge in [-0.05, 0) is 24.1 Å². The molecule has 0 unspecified atom stereocenters. The molecule has 0 spiro atoms. The molecule has 2 aromatic rings. The van der Waals surface area contributed by atoms with E-state index in [1.54, 1.807) is 6.07 Å². The number of carboxylic acid groups (broad SMARTS) is 1. The Morgan fingerprint density at radius 2 is 1.94 bits per heavy atom. The monoisotopic (exact) mass is 241 g/mol. The van der Waals surface area contributed by atoms with Crippen molar-refractivity contribution in [3.05, 3.63) is 53.7 Å². The Balaban J connectivity index is 2.50. The summed E-state index contributed by atoms with van der Waals surface area (Å²) >= 11 is 0. The fourth-order valence-electron chi connectivity index (χ4n) is 1.89. The number of aromatic carboxylic acids is 1. The van der Waals surface area contributed by atoms with E-state index in [4.69, 9.17) is 5.11 Å². The topological polar surface area (TPSA) is 50.2 Å². The summed E-state index contributed by atoms with van der Waals surface area (Å²) in [6.45, 7) is 2.07. The molecule has 0 fully saturated rings. The van der Waals surface area contributed by atoms with Gasteiger partial charge in [-0.1, -0.05) is 43.7 Å². The average Bonchev–Trinajstić information content (AvgIpc) is 2.40. The number of rotatable bonds is 4. The van der Waals surface area contributed by atoms with Crippen molar-refractivity contribution in [1.29, 1.82) is 0 Å². The van der Waals surface area contributed by atoms with Crippen LogP contribution in [0.3, 0.4) is 0 Å². The van der Waals surface area contributed by atoms with Crippen LogP contribution < -0.4 is 0 Å². The van der Waals surface area contributed by atoms with Crippen LogP contribution in [0.2, 0.25) is 0 Å². The van der Waals surface area contributed by atoms with Gasteiger partial charge in [-0.15, -0.1) is 0 Å². The maximum Gasteiger partial charge on any atom is 0.354 e. The molecule has 1 aromatic carbocycles. The molecular weight excluding hydrogens is 226 g/mol. The Hall–Kier alpha value is -2.16. The minimum atomic E-state index is -0.981. The third kappa shape index (κ3) is 2.74. The zero-order chi connectivity index (χ0) is 13.0. The zero-order valence-electron chi connectivity index (χ0n) is 10.3. The van der Waals surface area contributed by atoms with E-state index >= 15 is 0 Å². The van der Waals surface area contributed by atoms with Gasteiger partial charge in [0.1, 0.15) is 5.69 Å². The molecule has 0 aliphatic carbocycles. The van der Waals surface area contributed by atoms with Crippen molar-refractivity contribution >= 4 is 5.97 Å². The van der Waals surface area contributed by atoms with E-state index in [2.05, 4.69) is 11.9 Å². The minimum absolute atomic E-state index is 0.111. The van der Waals surface area contributed by atoms with Crippen LogP contribution in [0.15, 0.2) is 42.5 Å². The minimum Gasteiger partial charge on any atom is -0.477 e. The van der Waals surface area contributed by atoms with Crippen LogP contribution in [0, 0.1) is 0 Å². The first-order valence-electron chi connectivity index (χ1n) is 6.00. The van der Waals surface area contributed by atoms with Crippen LogP contribution in [0.1, 0.15) is 29.4 Å². The molecule has 92 valence electrons. The Morgan fingerprint density at radius 3 is 2.56 bits per heavy atom. The number of aromatic nitrogens is 1. The van der Waals surface area contributed by atoms with Crippen LogP contribution in [0.4, 0.5) is 0 Å². The number of carboxylic acids is 1. The highest BCUT2D eigenvalue weighted by molar-refractivity contribution is 5.86. The number of nitrogens with zero attached hydrogens (tertiary/aromatic N) is 1. The van der Waals surface area contributed by atoms with Gasteiger partial charge in [-0.2, -0.15) is 0 Å². The van der Waals surface area contributed by atoms with Crippen LogP contribution in [0.25, 0.3) is 11.3 Å². The van der Waals surface area contributed by atoms with Crippen molar-refractivity contribution in [2.75, 3.05) is 0 Å². The maximum atomic E-state index is 11.1. The summed E-state index contributed by atoms with van der Waals surface area (Å²) in [5.74, 6) is -0.981. The van der Waals surface area contributed by atoms with Crippen molar-refractivity contribution in [1.82, 2.24) is 4.98 Å². The second-order valence-corrected chi connectivity index (χ2v) is 4.17. The molecule has 0 radical (unpaired) electrons. The van der Waals surface area contributed by atoms with Crippen molar-refractivity contribution in [3.8, 4) is 11.3 Å². The highest BCUT2D eigenvalue weighted by atomic mass is 16.4. The average molecular weight is 241 g/mol. The van der Waals surface area contributed by atoms with Crippen molar-refractivity contribution in [2.45, 2.75) is 19.8 Å². The highest BCUT2D eigenvalue weighted by Crippen LogP contribution is 2.19. The number of pyridine rings is 1. The Kier molecular flexibility index (Phi) is 3.72. The molecule has 2 rings (SSSR count). The van der Waals surface area contributed by atoms with Gasteiger partial charge in [0.2, 0.25) is 0 Å². The number of aryl methyl sites for hydroxylation is 1. The molecule has 3 heteroatoms. The lowest BCUT2D eigenvalue weighted by Gasteiger charge is -2.06. The molecule has 3 nitrogen and oxygen atoms in total. The molecule has 0 aliphatic heterocycles. The number of benzene rings is 1. The molecular formula is C15H15NO2. The van der Waals surface area contributed by atoms with Gasteiger partial charge in [0.15, 0.2) is 0 Å². The fourth-order valence-corrected chi connectivity index (χ4v) is 1.89. The second-order valence-electron chi connectivity index (χ2n) is 4.17. The summed E-state index contributed by atoms with van der Waals surface area (Å²) in [7, 11) is 0. The van der Waals surface area contributed by atoms with Gasteiger partial charge in [-0.3, -0.25) is 0 Å². The van der Waals surface area contributed by atoms with Gasteiger partial charge in [-0.25, -0.2) is 9.78 Å². The van der Waals surface area contributed by atoms with E-state index in [0.29, 0.717) is 0 Å². The van der Waals surface area contributed by atoms with E-state index in [0.717, 1.165) is 29.7 Å². The first kappa shape index (κ1) is 12.3. The quantitative estimate of drug-likeness (QED) is 0.892. The van der Waals surface area contributed by atoms with Gasteiger partial charge >= 0.3 is 5.97 Å². The van der Waals surface area contributed by atoms with Gasteiger partial charge in [0.05, 0.1) is 5.69 Å². The number of carbonyl (C=O) groups is 1. The van der Waals surface area contributed by atoms with E-state index in [1.165, 1.54) is 0 Å². The lowest BCUT2D eigenvalue weighted by atomic mass is 10.1. The second kappa shape index (κ2) is 5.45. The normalized spacial score (nSPS) is 10.3. The van der Waals surface area contributed by atoms with E-state index in [1.807, 2.05) is 36.4 Å². The summed E-state index contributed by atoms with van der Waals surface area (Å²) in [5, 5.41) is 9.09. The zero-order valence-corrected chi connectivity index (χ0v) is 10.3. The first-order chi connectivity index (χ1) is 8.70. The summed E-state index contributed by atoms with van der Waals surface area (Å²) in [6.07, 6.45) is 1.85. The maximum absolute atomic E-state index is 11.1. The smallest absolute Gasteiger partial charge is 0.354 e. The Morgan fingerprint density at radius 1 is 1.22 bits per heavy atom. The van der Waals surface area contributed by atoms with Gasteiger partial charge in [0, 0.05) is 5.56 Å². The van der Waals surface area contributed by atoms with E-state index < -0.39 is 5.97 Å². The third-order valence-corrected chi connectivity index (χ3v) is 2.71. The molecule has 1 N–H and O–H groups in total. The van der Waals surface area contributed by atoms with Crippen molar-refractivity contribution in [2.24, 2.45) is 0 Å². The van der Waals surface area contributed by atoms with E-state index in [9.17, 15) is 4.79 Å². The molecule has 0 amide bonds. The summed E-state index contributed by atoms with van der Waals surface area (Å²) in [6, 6.07) is 13.3. The summed E-state index contributed by atoms with van der Waals surface area (Å²) < 4.78 is 0. The molecule has 1 heterocycles. The molecule has 1 aromatic heterocycles. The van der Waals surface area contributed by atoms with Crippen molar-refractivity contribution < 1.29 is 9.90 Å². The lowest BCUT2D eigenvalue weighted by Crippen LogP contribution is -2.03. The first-order valence-corrected chi connectivity index (χ1v) is 6.00. The molecule has 0 atom stereocenters. The van der Waals surface area contributed by atoms with E-state index in [-0.39, 0.29) is 5.69 Å². The standard InChI is InChI=1S/C15H15NO2/c1-2-6-11-9-13(12-7-4-3-5-8-12)16-14(10-11)15(17)18/h3-5,7-10H,2,6H2,1H3,(H,17,18). The third-order valence-electron chi connectivity index (χ3n) is 2.71. The Bertz CT molecular complexity index is 550. The fraction of sp³-hybridized carbons (Fsp3) is 0.200. The molecule has 0 saturated heterocycles. The number of hydrogen-bond donors (Lipinski definition) is 1. The molecule has 0 aliphatic rings. The lowest BCUT2D eigenvalue weighted by molar-refractivity contribution is 0.0690. The van der Waals surface area contributed by atoms with Gasteiger partial charge < -0.3 is 5.11 Å². The molecule has 18 heavy (non-hydrogen) atoms. The SMILES string of the molecule is CCCc1cc(C(=O)O)nc(-c2ccccc2)c1. The predicted molar refractivity (Wildman–Crippen MR) is 70.6 cm³/mol. The van der Waals surface area contributed by atoms with Crippen LogP contribution >= 0.6 is 0 Å². The largest absolute Gasteiger partial charge is 0.477 e. The summed E-state index contributed by atoms with van der Waals surface area (Å²) in [4.78, 5) is 15.3. The molecule has 0 bridgehead atoms. The predicted octanol–water partition coefficient (Wildman–Crippen LogP) is 3.40. The number of hydrogen-bond acceptors (Lipinski definition) is 2. The van der Waals surface area contributed by atoms with Crippen LogP contribution in [0.5, 0.6) is 0 Å². The van der Waals surface area contributed by atoms with Crippen LogP contribution in [-0.4, -0.2) is 16.1 Å². The van der Waals surface area contributed by atoms with Gasteiger partial charge in [0.25, 0.3) is 0 Å². The van der Waals surface area contributed by atoms with Crippen molar-refractivity contribution in [3.63, 3.8) is 0 Å². The molecule has 0 saturated carbocycles. The van der Waals surface area contributed by atoms with Crippen LogP contribution in [-0.2, 0) is 6.42 Å². The Labute approximate surface area is 106 Å². The summed E-state index contributed by atoms with van der Waals surface area (Å²) in [5.41, 5.74) is 2.79.